The van der Waals surface area contributed by atoms with E-state index in [9.17, 15) is 4.79 Å². The van der Waals surface area contributed by atoms with Crippen molar-refractivity contribution < 1.29 is 9.90 Å². The highest BCUT2D eigenvalue weighted by molar-refractivity contribution is 5.85. The van der Waals surface area contributed by atoms with E-state index in [4.69, 9.17) is 5.11 Å². The van der Waals surface area contributed by atoms with E-state index in [-0.39, 0.29) is 5.69 Å². The summed E-state index contributed by atoms with van der Waals surface area (Å²) < 4.78 is 0. The molecule has 19 heavy (non-hydrogen) atoms. The zero-order valence-corrected chi connectivity index (χ0v) is 11.7. The smallest absolute Gasteiger partial charge is 0.354 e. The highest BCUT2D eigenvalue weighted by Gasteiger charge is 2.24. The first-order chi connectivity index (χ1) is 8.94. The lowest BCUT2D eigenvalue weighted by Gasteiger charge is -2.32. The van der Waals surface area contributed by atoms with Crippen LogP contribution >= 0.6 is 0 Å². The Bertz CT molecular complexity index is 466. The number of hydrogen-bond acceptors (Lipinski definition) is 4. The summed E-state index contributed by atoms with van der Waals surface area (Å²) in [5.74, 6) is 0.789. The van der Waals surface area contributed by atoms with Crippen molar-refractivity contribution in [2.45, 2.75) is 46.1 Å². The van der Waals surface area contributed by atoms with Gasteiger partial charge in [0.1, 0.15) is 0 Å². The summed E-state index contributed by atoms with van der Waals surface area (Å²) in [6.07, 6.45) is 3.43. The first-order valence-electron chi connectivity index (χ1n) is 6.79. The fraction of sp³-hybridized carbons (Fsp3) is 0.643. The lowest BCUT2D eigenvalue weighted by Crippen LogP contribution is -2.31. The largest absolute Gasteiger partial charge is 0.477 e. The molecule has 2 rings (SSSR count). The molecule has 5 heteroatoms. The second-order valence-electron chi connectivity index (χ2n) is 5.78. The number of hydrogen-bond donors (Lipinski definition) is 2. The van der Waals surface area contributed by atoms with Crippen LogP contribution in [0.3, 0.4) is 0 Å². The van der Waals surface area contributed by atoms with Crippen molar-refractivity contribution in [3.8, 4) is 0 Å². The molecule has 0 bridgehead atoms. The van der Waals surface area contributed by atoms with E-state index in [0.717, 1.165) is 12.8 Å². The topological polar surface area (TPSA) is 75.1 Å². The minimum Gasteiger partial charge on any atom is -0.477 e. The van der Waals surface area contributed by atoms with Crippen LogP contribution < -0.4 is 5.32 Å². The number of nitrogens with zero attached hydrogens (tertiary/aromatic N) is 2. The van der Waals surface area contributed by atoms with Crippen LogP contribution in [0.25, 0.3) is 0 Å². The number of nitrogens with one attached hydrogen (secondary N) is 1. The maximum atomic E-state index is 11.0. The standard InChI is InChI=1S/C14H21N3O2/c1-8-4-9(2)6-11(5-8)16-14-15-10(3)7-12(17-14)13(18)19/h7-9,11H,4-6H2,1-3H3,(H,18,19)(H,15,16,17). The zero-order chi connectivity index (χ0) is 14.0. The predicted octanol–water partition coefficient (Wildman–Crippen LogP) is 2.72. The molecule has 104 valence electrons. The Balaban J connectivity index is 2.12. The number of anilines is 1. The molecule has 0 spiro atoms. The van der Waals surface area contributed by atoms with Crippen LogP contribution in [0.4, 0.5) is 5.95 Å². The molecule has 1 fully saturated rings. The van der Waals surface area contributed by atoms with Gasteiger partial charge in [-0.3, -0.25) is 0 Å². The van der Waals surface area contributed by atoms with Gasteiger partial charge in [-0.15, -0.1) is 0 Å². The Morgan fingerprint density at radius 3 is 2.47 bits per heavy atom. The zero-order valence-electron chi connectivity index (χ0n) is 11.7. The van der Waals surface area contributed by atoms with Crippen molar-refractivity contribution in [3.63, 3.8) is 0 Å². The summed E-state index contributed by atoms with van der Waals surface area (Å²) in [5, 5.41) is 12.3. The molecule has 1 aliphatic rings. The summed E-state index contributed by atoms with van der Waals surface area (Å²) in [5.41, 5.74) is 0.721. The Kier molecular flexibility index (Phi) is 4.02. The summed E-state index contributed by atoms with van der Waals surface area (Å²) in [7, 11) is 0. The van der Waals surface area contributed by atoms with Crippen LogP contribution in [0.1, 0.15) is 49.3 Å². The minimum atomic E-state index is -1.01. The third-order valence-electron chi connectivity index (χ3n) is 3.59. The molecular weight excluding hydrogens is 242 g/mol. The molecular formula is C14H21N3O2. The van der Waals surface area contributed by atoms with Gasteiger partial charge in [0.15, 0.2) is 5.69 Å². The van der Waals surface area contributed by atoms with Gasteiger partial charge in [-0.2, -0.15) is 0 Å². The van der Waals surface area contributed by atoms with Crippen LogP contribution in [0.15, 0.2) is 6.07 Å². The quantitative estimate of drug-likeness (QED) is 0.877. The maximum Gasteiger partial charge on any atom is 0.354 e. The van der Waals surface area contributed by atoms with Gasteiger partial charge < -0.3 is 10.4 Å². The first-order valence-corrected chi connectivity index (χ1v) is 6.79. The second kappa shape index (κ2) is 5.55. The van der Waals surface area contributed by atoms with Crippen LogP contribution in [-0.2, 0) is 0 Å². The van der Waals surface area contributed by atoms with E-state index in [1.807, 2.05) is 0 Å². The molecule has 1 aliphatic carbocycles. The minimum absolute atomic E-state index is 0.0481. The monoisotopic (exact) mass is 263 g/mol. The Labute approximate surface area is 113 Å². The number of rotatable bonds is 3. The van der Waals surface area contributed by atoms with Gasteiger partial charge in [-0.1, -0.05) is 13.8 Å². The molecule has 2 unspecified atom stereocenters. The number of carboxylic acid groups (broad SMARTS) is 1. The van der Waals surface area contributed by atoms with Crippen molar-refractivity contribution in [2.75, 3.05) is 5.32 Å². The number of aromatic carboxylic acids is 1. The highest BCUT2D eigenvalue weighted by Crippen LogP contribution is 2.29. The molecule has 1 heterocycles. The van der Waals surface area contributed by atoms with E-state index in [0.29, 0.717) is 29.5 Å². The third-order valence-corrected chi connectivity index (χ3v) is 3.59. The van der Waals surface area contributed by atoms with Crippen molar-refractivity contribution in [1.82, 2.24) is 9.97 Å². The van der Waals surface area contributed by atoms with Gasteiger partial charge in [-0.25, -0.2) is 14.8 Å². The van der Waals surface area contributed by atoms with E-state index < -0.39 is 5.97 Å². The lowest BCUT2D eigenvalue weighted by molar-refractivity contribution is 0.0690. The SMILES string of the molecule is Cc1cc(C(=O)O)nc(NC2CC(C)CC(C)C2)n1. The summed E-state index contributed by atoms with van der Waals surface area (Å²) in [6, 6.07) is 1.82. The molecule has 0 radical (unpaired) electrons. The van der Waals surface area contributed by atoms with E-state index in [2.05, 4.69) is 29.1 Å². The molecule has 0 amide bonds. The average molecular weight is 263 g/mol. The van der Waals surface area contributed by atoms with Gasteiger partial charge in [0.25, 0.3) is 0 Å². The fourth-order valence-electron chi connectivity index (χ4n) is 2.99. The first kappa shape index (κ1) is 13.8. The summed E-state index contributed by atoms with van der Waals surface area (Å²) in [4.78, 5) is 19.3. The van der Waals surface area contributed by atoms with Gasteiger partial charge in [-0.05, 0) is 44.1 Å². The third kappa shape index (κ3) is 3.66. The molecule has 0 saturated heterocycles. The maximum absolute atomic E-state index is 11.0. The van der Waals surface area contributed by atoms with Gasteiger partial charge in [0.05, 0.1) is 0 Å². The second-order valence-corrected chi connectivity index (χ2v) is 5.78. The van der Waals surface area contributed by atoms with Crippen LogP contribution in [0.2, 0.25) is 0 Å². The van der Waals surface area contributed by atoms with Crippen molar-refractivity contribution in [2.24, 2.45) is 11.8 Å². The number of aryl methyl sites for hydroxylation is 1. The Morgan fingerprint density at radius 2 is 1.89 bits per heavy atom. The number of carbonyl (C=O) groups is 1. The Morgan fingerprint density at radius 1 is 1.26 bits per heavy atom. The van der Waals surface area contributed by atoms with Gasteiger partial charge >= 0.3 is 5.97 Å². The van der Waals surface area contributed by atoms with Gasteiger partial charge in [0, 0.05) is 11.7 Å². The molecule has 1 aromatic rings. The molecule has 2 N–H and O–H groups in total. The van der Waals surface area contributed by atoms with Crippen LogP contribution in [0, 0.1) is 18.8 Å². The van der Waals surface area contributed by atoms with E-state index in [1.54, 1.807) is 6.92 Å². The number of carboxylic acids is 1. The van der Waals surface area contributed by atoms with Gasteiger partial charge in [0.2, 0.25) is 5.95 Å². The highest BCUT2D eigenvalue weighted by atomic mass is 16.4. The van der Waals surface area contributed by atoms with E-state index in [1.165, 1.54) is 12.5 Å². The van der Waals surface area contributed by atoms with Crippen LogP contribution in [0.5, 0.6) is 0 Å². The molecule has 0 aliphatic heterocycles. The normalized spacial score (nSPS) is 27.0. The van der Waals surface area contributed by atoms with Crippen molar-refractivity contribution >= 4 is 11.9 Å². The summed E-state index contributed by atoms with van der Waals surface area (Å²) in [6.45, 7) is 6.29. The van der Waals surface area contributed by atoms with E-state index >= 15 is 0 Å². The average Bonchev–Trinajstić information content (AvgIpc) is 2.26. The van der Waals surface area contributed by atoms with Crippen molar-refractivity contribution in [3.05, 3.63) is 17.5 Å². The lowest BCUT2D eigenvalue weighted by atomic mass is 9.80. The molecule has 2 atom stereocenters. The molecule has 0 aromatic carbocycles. The van der Waals surface area contributed by atoms with Crippen molar-refractivity contribution in [1.29, 1.82) is 0 Å². The Hall–Kier alpha value is -1.65. The predicted molar refractivity (Wildman–Crippen MR) is 73.3 cm³/mol. The molecule has 5 nitrogen and oxygen atoms in total. The number of aromatic nitrogens is 2. The summed E-state index contributed by atoms with van der Waals surface area (Å²) >= 11 is 0. The van der Waals surface area contributed by atoms with Crippen LogP contribution in [-0.4, -0.2) is 27.1 Å². The molecule has 1 saturated carbocycles. The fourth-order valence-corrected chi connectivity index (χ4v) is 2.99. The molecule has 1 aromatic heterocycles.